The van der Waals surface area contributed by atoms with Gasteiger partial charge < -0.3 is 14.2 Å². The van der Waals surface area contributed by atoms with E-state index >= 15 is 0 Å². The van der Waals surface area contributed by atoms with Gasteiger partial charge in [0.25, 0.3) is 16.7 Å². The van der Waals surface area contributed by atoms with Crippen molar-refractivity contribution in [1.29, 1.82) is 0 Å². The van der Waals surface area contributed by atoms with Gasteiger partial charge in [0.1, 0.15) is 34.6 Å². The number of pyridine rings is 3. The molecule has 86 heavy (non-hydrogen) atoms. The molecule has 12 rings (SSSR count). The molecule has 3 aliphatic heterocycles. The van der Waals surface area contributed by atoms with Gasteiger partial charge in [-0.2, -0.15) is 0 Å². The van der Waals surface area contributed by atoms with Gasteiger partial charge >= 0.3 is 0 Å². The second-order valence-corrected chi connectivity index (χ2v) is 21.3. The topological polar surface area (TPSA) is 171 Å². The summed E-state index contributed by atoms with van der Waals surface area (Å²) in [5.41, 5.74) is 6.08. The minimum absolute atomic E-state index is 0. The summed E-state index contributed by atoms with van der Waals surface area (Å²) in [6.45, 7) is 20.2. The van der Waals surface area contributed by atoms with Crippen LogP contribution in [-0.4, -0.2) is 81.7 Å². The summed E-state index contributed by atoms with van der Waals surface area (Å²) in [5, 5.41) is 1.88. The number of nitrogens with zero attached hydrogens (tertiary/aromatic N) is 9. The van der Waals surface area contributed by atoms with Crippen LogP contribution in [0.2, 0.25) is 0 Å². The molecule has 3 unspecified atom stereocenters. The average molecular weight is 1150 g/mol. The lowest BCUT2D eigenvalue weighted by Crippen LogP contribution is -2.29. The predicted molar refractivity (Wildman–Crippen MR) is 343 cm³/mol. The molecule has 0 saturated heterocycles. The highest BCUT2D eigenvalue weighted by Crippen LogP contribution is 2.29. The molecule has 0 amide bonds. The number of methoxy groups -OCH3 is 3. The highest BCUT2D eigenvalue weighted by Gasteiger charge is 2.31. The van der Waals surface area contributed by atoms with Gasteiger partial charge in [0.05, 0.1) is 49.5 Å². The molecule has 3 aliphatic rings. The Morgan fingerprint density at radius 2 is 0.686 bits per heavy atom. The number of hydrogen-bond donors (Lipinski definition) is 0. The molecular formula is C71H75N9O6. The van der Waals surface area contributed by atoms with Crippen LogP contribution in [0.3, 0.4) is 0 Å². The van der Waals surface area contributed by atoms with Crippen LogP contribution in [0.25, 0.3) is 32.7 Å². The Labute approximate surface area is 504 Å². The van der Waals surface area contributed by atoms with Crippen molar-refractivity contribution in [3.8, 4) is 35.5 Å². The van der Waals surface area contributed by atoms with Gasteiger partial charge in [0.15, 0.2) is 0 Å². The van der Waals surface area contributed by atoms with Crippen LogP contribution in [0.4, 0.5) is 0 Å². The van der Waals surface area contributed by atoms with Gasteiger partial charge in [0, 0.05) is 95.5 Å². The van der Waals surface area contributed by atoms with E-state index in [1.165, 1.54) is 0 Å². The molecule has 0 fully saturated rings. The average Bonchev–Trinajstić information content (AvgIpc) is 1.70. The molecule has 6 aromatic heterocycles. The number of rotatable bonds is 3. The van der Waals surface area contributed by atoms with Crippen LogP contribution < -0.4 is 16.7 Å². The summed E-state index contributed by atoms with van der Waals surface area (Å²) >= 11 is 0. The number of ether oxygens (including phenoxy) is 3. The fraction of sp³-hybridized carbons (Fsp3) is 0.310. The Kier molecular flexibility index (Phi) is 21.9. The highest BCUT2D eigenvalue weighted by atomic mass is 16.5. The molecular weight excluding hydrogens is 1070 g/mol. The smallest absolute Gasteiger partial charge is 0.261 e. The lowest BCUT2D eigenvalue weighted by molar-refractivity contribution is -0.00778. The first-order valence-electron chi connectivity index (χ1n) is 28.3. The molecule has 3 aromatic carbocycles. The molecule has 440 valence electrons. The van der Waals surface area contributed by atoms with Gasteiger partial charge in [-0.05, 0) is 168 Å². The van der Waals surface area contributed by atoms with Crippen molar-refractivity contribution >= 4 is 32.7 Å². The van der Waals surface area contributed by atoms with Crippen molar-refractivity contribution in [2.45, 2.75) is 122 Å². The Bertz CT molecular complexity index is 3800. The third-order valence-corrected chi connectivity index (χ3v) is 15.8. The first kappa shape index (κ1) is 64.1. The molecule has 0 bridgehead atoms. The molecule has 15 heteroatoms. The maximum Gasteiger partial charge on any atom is 0.261 e. The van der Waals surface area contributed by atoms with Gasteiger partial charge in [0.2, 0.25) is 0 Å². The molecule has 0 spiro atoms. The van der Waals surface area contributed by atoms with E-state index in [1.54, 1.807) is 53.6 Å². The lowest BCUT2D eigenvalue weighted by atomic mass is 9.97. The minimum atomic E-state index is -0.217. The van der Waals surface area contributed by atoms with Crippen molar-refractivity contribution in [1.82, 2.24) is 43.6 Å². The predicted octanol–water partition coefficient (Wildman–Crippen LogP) is 11.0. The number of aryl methyl sites for hydroxylation is 3. The fourth-order valence-corrected chi connectivity index (χ4v) is 10.2. The number of benzene rings is 3. The lowest BCUT2D eigenvalue weighted by Gasteiger charge is -2.25. The van der Waals surface area contributed by atoms with Crippen LogP contribution in [0.1, 0.15) is 118 Å². The summed E-state index contributed by atoms with van der Waals surface area (Å²) in [4.78, 5) is 65.8. The standard InChI is InChI=1S/3C22H21N3O2.2C2H4.CH4/c3*1-22(27-2)11-10-20-24-19-15-16(6-8-17-5-3-4-13-23-17)7-9-18(19)21(26)25(20)14-12-22;2*1-2;/h3*3-5,7,9,13,15H,10-12,14H2,1-2H3;2*1-2H2;1H4. The molecule has 9 heterocycles. The molecule has 3 atom stereocenters. The summed E-state index contributed by atoms with van der Waals surface area (Å²) < 4.78 is 22.4. The van der Waals surface area contributed by atoms with E-state index in [9.17, 15) is 14.4 Å². The van der Waals surface area contributed by atoms with Gasteiger partial charge in [-0.3, -0.25) is 28.1 Å². The Morgan fingerprint density at radius 1 is 0.407 bits per heavy atom. The van der Waals surface area contributed by atoms with E-state index in [0.717, 1.165) is 92.0 Å². The molecule has 15 nitrogen and oxygen atoms in total. The summed E-state index contributed by atoms with van der Waals surface area (Å²) in [7, 11) is 5.19. The molecule has 0 radical (unpaired) electrons. The zero-order valence-electron chi connectivity index (χ0n) is 49.4. The van der Waals surface area contributed by atoms with Gasteiger partial charge in [-0.1, -0.05) is 43.4 Å². The van der Waals surface area contributed by atoms with E-state index in [0.29, 0.717) is 69.4 Å². The second-order valence-electron chi connectivity index (χ2n) is 21.3. The number of fused-ring (bicyclic) bond motifs is 6. The minimum Gasteiger partial charge on any atom is -0.378 e. The summed E-state index contributed by atoms with van der Waals surface area (Å²) in [5.74, 6) is 20.9. The second kappa shape index (κ2) is 29.4. The highest BCUT2D eigenvalue weighted by molar-refractivity contribution is 5.81. The van der Waals surface area contributed by atoms with Crippen LogP contribution in [0, 0.1) is 35.5 Å². The van der Waals surface area contributed by atoms with Crippen LogP contribution in [0.15, 0.2) is 168 Å². The maximum absolute atomic E-state index is 13.0. The quantitative estimate of drug-likeness (QED) is 0.121. The van der Waals surface area contributed by atoms with E-state index in [4.69, 9.17) is 29.2 Å². The van der Waals surface area contributed by atoms with Crippen molar-refractivity contribution in [2.24, 2.45) is 0 Å². The third kappa shape index (κ3) is 15.5. The largest absolute Gasteiger partial charge is 0.378 e. The van der Waals surface area contributed by atoms with Crippen molar-refractivity contribution in [3.63, 3.8) is 0 Å². The van der Waals surface area contributed by atoms with E-state index in [-0.39, 0.29) is 40.9 Å². The molecule has 0 saturated carbocycles. The number of aromatic nitrogens is 9. The van der Waals surface area contributed by atoms with Crippen molar-refractivity contribution in [2.75, 3.05) is 21.3 Å². The first-order chi connectivity index (χ1) is 41.2. The van der Waals surface area contributed by atoms with Crippen LogP contribution in [0.5, 0.6) is 0 Å². The molecule has 0 aliphatic carbocycles. The third-order valence-electron chi connectivity index (χ3n) is 15.8. The van der Waals surface area contributed by atoms with Gasteiger partial charge in [-0.15, -0.1) is 26.3 Å². The van der Waals surface area contributed by atoms with E-state index in [2.05, 4.69) is 97.6 Å². The van der Waals surface area contributed by atoms with Crippen LogP contribution in [-0.2, 0) is 53.1 Å². The zero-order chi connectivity index (χ0) is 60.6. The molecule has 9 aromatic rings. The fourth-order valence-electron chi connectivity index (χ4n) is 10.2. The van der Waals surface area contributed by atoms with Crippen LogP contribution >= 0.6 is 0 Å². The van der Waals surface area contributed by atoms with Gasteiger partial charge in [-0.25, -0.2) is 29.9 Å². The van der Waals surface area contributed by atoms with E-state index < -0.39 is 0 Å². The summed E-state index contributed by atoms with van der Waals surface area (Å²) in [6, 6.07) is 33.6. The SMILES string of the molecule is C.C=C.C=C.COC1(C)CCc2nc3cc(C#Cc4ccccn4)ccc3c(=O)n2CC1.COC1(C)CCc2nc3cc(C#Cc4ccccn4)ccc3c(=O)n2CC1.COC1(C)CCc2nc3cc(C#Cc4ccccn4)ccc3c(=O)n2CC1. The first-order valence-corrected chi connectivity index (χ1v) is 28.3. The van der Waals surface area contributed by atoms with E-state index in [1.807, 2.05) is 109 Å². The number of hydrogen-bond acceptors (Lipinski definition) is 12. The Hall–Kier alpha value is -9.43. The summed E-state index contributed by atoms with van der Waals surface area (Å²) in [6.07, 6.45) is 12.3. The zero-order valence-corrected chi connectivity index (χ0v) is 49.4. The Morgan fingerprint density at radius 3 is 0.930 bits per heavy atom. The Balaban J connectivity index is 0.000000178. The van der Waals surface area contributed by atoms with Crippen molar-refractivity contribution < 1.29 is 14.2 Å². The maximum atomic E-state index is 13.0. The van der Waals surface area contributed by atoms with Crippen molar-refractivity contribution in [3.05, 3.63) is 236 Å². The normalized spacial score (nSPS) is 18.0. The molecule has 0 N–H and O–H groups in total. The monoisotopic (exact) mass is 1150 g/mol.